The number of methoxy groups -OCH3 is 1. The third-order valence-corrected chi connectivity index (χ3v) is 4.94. The molecule has 0 unspecified atom stereocenters. The number of β-lactam (4-membered cyclic amide) rings is 1. The highest BCUT2D eigenvalue weighted by Crippen LogP contribution is 2.42. The van der Waals surface area contributed by atoms with Crippen LogP contribution in [0.4, 0.5) is 0 Å². The molecule has 0 radical (unpaired) electrons. The monoisotopic (exact) mass is 323 g/mol. The van der Waals surface area contributed by atoms with Crippen molar-refractivity contribution >= 4 is 5.91 Å². The minimum atomic E-state index is 0.113. The Balaban J connectivity index is 1.65. The zero-order valence-corrected chi connectivity index (χ0v) is 14.4. The van der Waals surface area contributed by atoms with Crippen LogP contribution in [-0.4, -0.2) is 24.5 Å². The Morgan fingerprint density at radius 2 is 1.75 bits per heavy atom. The molecule has 0 bridgehead atoms. The molecule has 1 saturated heterocycles. The van der Waals surface area contributed by atoms with Gasteiger partial charge in [-0.1, -0.05) is 42.5 Å². The lowest BCUT2D eigenvalue weighted by Gasteiger charge is -2.47. The summed E-state index contributed by atoms with van der Waals surface area (Å²) in [5, 5.41) is 0. The first-order valence-corrected chi connectivity index (χ1v) is 8.73. The molecule has 3 nitrogen and oxygen atoms in total. The minimum absolute atomic E-state index is 0.113. The molecule has 2 aromatic carbocycles. The van der Waals surface area contributed by atoms with E-state index in [9.17, 15) is 4.79 Å². The van der Waals surface area contributed by atoms with Crippen LogP contribution >= 0.6 is 0 Å². The molecule has 0 saturated carbocycles. The van der Waals surface area contributed by atoms with Crippen LogP contribution in [0.3, 0.4) is 0 Å². The number of ether oxygens (including phenoxy) is 1. The van der Waals surface area contributed by atoms with Crippen LogP contribution < -0.4 is 4.74 Å². The van der Waals surface area contributed by atoms with Gasteiger partial charge in [0, 0.05) is 6.54 Å². The van der Waals surface area contributed by atoms with Gasteiger partial charge in [0.25, 0.3) is 0 Å². The van der Waals surface area contributed by atoms with E-state index < -0.39 is 0 Å². The molecule has 2 atom stereocenters. The number of carbonyl (C=O) groups is 1. The second-order valence-electron chi connectivity index (χ2n) is 6.33. The maximum Gasteiger partial charge on any atom is 0.228 e. The highest BCUT2D eigenvalue weighted by molar-refractivity contribution is 5.86. The summed E-state index contributed by atoms with van der Waals surface area (Å²) in [4.78, 5) is 14.4. The van der Waals surface area contributed by atoms with Crippen molar-refractivity contribution in [3.63, 3.8) is 0 Å². The Morgan fingerprint density at radius 1 is 1.04 bits per heavy atom. The Morgan fingerprint density at radius 3 is 2.38 bits per heavy atom. The standard InChI is InChI=1S/C21H25NO2/c1-3-22-20(17-12-14-18(24-2)15-13-17)19(21(22)23)11-7-10-16-8-5-4-6-9-16/h4-6,8-9,12-15,19-20H,3,7,10-11H2,1-2H3/t19-,20-/m0/s1. The zero-order valence-electron chi connectivity index (χ0n) is 14.4. The average Bonchev–Trinajstić information content (AvgIpc) is 2.64. The molecule has 0 aromatic heterocycles. The molecule has 0 aliphatic carbocycles. The first-order valence-electron chi connectivity index (χ1n) is 8.73. The van der Waals surface area contributed by atoms with Gasteiger partial charge in [0.15, 0.2) is 0 Å². The van der Waals surface area contributed by atoms with Crippen molar-refractivity contribution in [1.82, 2.24) is 4.90 Å². The first-order chi connectivity index (χ1) is 11.7. The summed E-state index contributed by atoms with van der Waals surface area (Å²) >= 11 is 0. The molecule has 1 fully saturated rings. The van der Waals surface area contributed by atoms with E-state index in [4.69, 9.17) is 4.74 Å². The number of amides is 1. The van der Waals surface area contributed by atoms with Crippen LogP contribution in [0.1, 0.15) is 36.9 Å². The van der Waals surface area contributed by atoms with E-state index in [1.165, 1.54) is 11.1 Å². The SMILES string of the molecule is CCN1C(=O)[C@@H](CCCc2ccccc2)[C@@H]1c1ccc(OC)cc1. The second-order valence-corrected chi connectivity index (χ2v) is 6.33. The molecule has 0 N–H and O–H groups in total. The van der Waals surface area contributed by atoms with Crippen molar-refractivity contribution in [3.05, 3.63) is 65.7 Å². The number of likely N-dealkylation sites (tertiary alicyclic amines) is 1. The van der Waals surface area contributed by atoms with Crippen LogP contribution in [0.15, 0.2) is 54.6 Å². The van der Waals surface area contributed by atoms with Gasteiger partial charge in [-0.3, -0.25) is 4.79 Å². The molecular weight excluding hydrogens is 298 g/mol. The molecule has 3 heteroatoms. The zero-order chi connectivity index (χ0) is 16.9. The quantitative estimate of drug-likeness (QED) is 0.713. The first kappa shape index (κ1) is 16.6. The van der Waals surface area contributed by atoms with Gasteiger partial charge in [0.05, 0.1) is 19.1 Å². The van der Waals surface area contributed by atoms with Gasteiger partial charge in [-0.2, -0.15) is 0 Å². The molecule has 1 aliphatic heterocycles. The van der Waals surface area contributed by atoms with Gasteiger partial charge in [-0.15, -0.1) is 0 Å². The van der Waals surface area contributed by atoms with E-state index in [2.05, 4.69) is 43.3 Å². The number of rotatable bonds is 7. The fourth-order valence-electron chi connectivity index (χ4n) is 3.64. The van der Waals surface area contributed by atoms with Crippen LogP contribution in [0.5, 0.6) is 5.75 Å². The minimum Gasteiger partial charge on any atom is -0.497 e. The normalized spacial score (nSPS) is 19.9. The van der Waals surface area contributed by atoms with Crippen molar-refractivity contribution in [1.29, 1.82) is 0 Å². The fourth-order valence-corrected chi connectivity index (χ4v) is 3.64. The predicted molar refractivity (Wildman–Crippen MR) is 96.0 cm³/mol. The largest absolute Gasteiger partial charge is 0.497 e. The summed E-state index contributed by atoms with van der Waals surface area (Å²) in [6, 6.07) is 18.8. The Hall–Kier alpha value is -2.29. The number of nitrogens with zero attached hydrogens (tertiary/aromatic N) is 1. The maximum absolute atomic E-state index is 12.4. The van der Waals surface area contributed by atoms with Crippen LogP contribution in [0.25, 0.3) is 0 Å². The highest BCUT2D eigenvalue weighted by Gasteiger charge is 2.46. The van der Waals surface area contributed by atoms with E-state index in [1.807, 2.05) is 23.1 Å². The van der Waals surface area contributed by atoms with Crippen LogP contribution in [0.2, 0.25) is 0 Å². The molecular formula is C21H25NO2. The molecule has 3 rings (SSSR count). The van der Waals surface area contributed by atoms with Crippen LogP contribution in [0, 0.1) is 5.92 Å². The topological polar surface area (TPSA) is 29.5 Å². The van der Waals surface area contributed by atoms with E-state index in [1.54, 1.807) is 7.11 Å². The lowest BCUT2D eigenvalue weighted by atomic mass is 9.79. The molecule has 2 aromatic rings. The molecule has 1 aliphatic rings. The van der Waals surface area contributed by atoms with Crippen LogP contribution in [-0.2, 0) is 11.2 Å². The maximum atomic E-state index is 12.4. The van der Waals surface area contributed by atoms with E-state index in [0.29, 0.717) is 5.91 Å². The third kappa shape index (κ3) is 3.30. The number of aryl methyl sites for hydroxylation is 1. The molecule has 1 heterocycles. The molecule has 24 heavy (non-hydrogen) atoms. The number of benzene rings is 2. The highest BCUT2D eigenvalue weighted by atomic mass is 16.5. The molecule has 0 spiro atoms. The van der Waals surface area contributed by atoms with Gasteiger partial charge in [0.1, 0.15) is 5.75 Å². The van der Waals surface area contributed by atoms with Crippen molar-refractivity contribution in [2.75, 3.05) is 13.7 Å². The number of carbonyl (C=O) groups excluding carboxylic acids is 1. The summed E-state index contributed by atoms with van der Waals surface area (Å²) in [5.41, 5.74) is 2.56. The van der Waals surface area contributed by atoms with E-state index >= 15 is 0 Å². The lowest BCUT2D eigenvalue weighted by Crippen LogP contribution is -2.54. The smallest absolute Gasteiger partial charge is 0.228 e. The number of hydrogen-bond acceptors (Lipinski definition) is 2. The Labute approximate surface area is 144 Å². The molecule has 126 valence electrons. The second kappa shape index (κ2) is 7.52. The van der Waals surface area contributed by atoms with Gasteiger partial charge < -0.3 is 9.64 Å². The van der Waals surface area contributed by atoms with Gasteiger partial charge in [0.2, 0.25) is 5.91 Å². The average molecular weight is 323 g/mol. The van der Waals surface area contributed by atoms with E-state index in [-0.39, 0.29) is 12.0 Å². The van der Waals surface area contributed by atoms with Crippen molar-refractivity contribution in [3.8, 4) is 5.75 Å². The summed E-state index contributed by atoms with van der Waals surface area (Å²) in [6.45, 7) is 2.82. The summed E-state index contributed by atoms with van der Waals surface area (Å²) in [6.07, 6.45) is 3.03. The lowest BCUT2D eigenvalue weighted by molar-refractivity contribution is -0.157. The van der Waals surface area contributed by atoms with Gasteiger partial charge >= 0.3 is 0 Å². The van der Waals surface area contributed by atoms with Gasteiger partial charge in [-0.25, -0.2) is 0 Å². The van der Waals surface area contributed by atoms with Gasteiger partial charge in [-0.05, 0) is 49.4 Å². The fraction of sp³-hybridized carbons (Fsp3) is 0.381. The Kier molecular flexibility index (Phi) is 5.19. The number of hydrogen-bond donors (Lipinski definition) is 0. The van der Waals surface area contributed by atoms with E-state index in [0.717, 1.165) is 31.6 Å². The van der Waals surface area contributed by atoms with Crippen molar-refractivity contribution < 1.29 is 9.53 Å². The summed E-state index contributed by atoms with van der Waals surface area (Å²) in [5.74, 6) is 1.27. The summed E-state index contributed by atoms with van der Waals surface area (Å²) in [7, 11) is 1.67. The van der Waals surface area contributed by atoms with Crippen molar-refractivity contribution in [2.45, 2.75) is 32.2 Å². The summed E-state index contributed by atoms with van der Waals surface area (Å²) < 4.78 is 5.24. The van der Waals surface area contributed by atoms with Crippen molar-refractivity contribution in [2.24, 2.45) is 5.92 Å². The Bertz CT molecular complexity index is 666. The molecule has 1 amide bonds. The third-order valence-electron chi connectivity index (χ3n) is 4.94. The predicted octanol–water partition coefficient (Wildman–Crippen LogP) is 4.24.